The van der Waals surface area contributed by atoms with Gasteiger partial charge >= 0.3 is 6.18 Å². The number of nitrogens with one attached hydrogen (secondary N) is 2. The van der Waals surface area contributed by atoms with Crippen molar-refractivity contribution in [2.45, 2.75) is 19.5 Å². The zero-order chi connectivity index (χ0) is 13.2. The third-order valence-electron chi connectivity index (χ3n) is 2.90. The van der Waals surface area contributed by atoms with E-state index in [1.54, 1.807) is 0 Å². The van der Waals surface area contributed by atoms with E-state index >= 15 is 0 Å². The fourth-order valence-electron chi connectivity index (χ4n) is 2.10. The van der Waals surface area contributed by atoms with Crippen LogP contribution in [0.5, 0.6) is 0 Å². The van der Waals surface area contributed by atoms with Crippen LogP contribution in [0.25, 0.3) is 10.9 Å². The SMILES string of the molecule is Cc1[nH]c2ccccc2c1CCNCC(F)(F)F. The van der Waals surface area contributed by atoms with E-state index in [1.807, 2.05) is 31.2 Å². The number of alkyl halides is 3. The molecule has 2 aromatic rings. The molecule has 2 N–H and O–H groups in total. The number of rotatable bonds is 4. The normalized spacial score (nSPS) is 12.2. The van der Waals surface area contributed by atoms with Crippen molar-refractivity contribution in [3.8, 4) is 0 Å². The Morgan fingerprint density at radius 3 is 2.67 bits per heavy atom. The highest BCUT2D eigenvalue weighted by Gasteiger charge is 2.26. The highest BCUT2D eigenvalue weighted by molar-refractivity contribution is 5.84. The molecule has 0 aliphatic heterocycles. The van der Waals surface area contributed by atoms with Gasteiger partial charge in [-0.05, 0) is 31.5 Å². The smallest absolute Gasteiger partial charge is 0.358 e. The first kappa shape index (κ1) is 13.0. The van der Waals surface area contributed by atoms with Crippen LogP contribution in [-0.2, 0) is 6.42 Å². The number of H-pyrrole nitrogens is 1. The molecule has 0 aliphatic rings. The summed E-state index contributed by atoms with van der Waals surface area (Å²) in [5.41, 5.74) is 3.13. The topological polar surface area (TPSA) is 27.8 Å². The predicted octanol–water partition coefficient (Wildman–Crippen LogP) is 3.17. The Hall–Kier alpha value is -1.49. The molecule has 2 rings (SSSR count). The van der Waals surface area contributed by atoms with Gasteiger partial charge in [-0.3, -0.25) is 0 Å². The molecule has 1 heterocycles. The molecule has 0 atom stereocenters. The van der Waals surface area contributed by atoms with E-state index in [1.165, 1.54) is 0 Å². The molecule has 0 aliphatic carbocycles. The van der Waals surface area contributed by atoms with Crippen LogP contribution in [0.2, 0.25) is 0 Å². The molecule has 0 unspecified atom stereocenters. The Balaban J connectivity index is 2.01. The van der Waals surface area contributed by atoms with E-state index < -0.39 is 12.7 Å². The number of hydrogen-bond acceptors (Lipinski definition) is 1. The summed E-state index contributed by atoms with van der Waals surface area (Å²) in [6, 6.07) is 7.82. The minimum Gasteiger partial charge on any atom is -0.358 e. The van der Waals surface area contributed by atoms with Gasteiger partial charge in [-0.1, -0.05) is 18.2 Å². The lowest BCUT2D eigenvalue weighted by Gasteiger charge is -2.08. The molecule has 98 valence electrons. The summed E-state index contributed by atoms with van der Waals surface area (Å²) in [7, 11) is 0. The molecule has 0 saturated heterocycles. The Bertz CT molecular complexity index is 529. The second-order valence-corrected chi connectivity index (χ2v) is 4.32. The van der Waals surface area contributed by atoms with E-state index in [0.29, 0.717) is 13.0 Å². The van der Waals surface area contributed by atoms with E-state index in [-0.39, 0.29) is 0 Å². The van der Waals surface area contributed by atoms with Crippen molar-refractivity contribution in [2.75, 3.05) is 13.1 Å². The van der Waals surface area contributed by atoms with Gasteiger partial charge in [0.15, 0.2) is 0 Å². The van der Waals surface area contributed by atoms with Crippen LogP contribution >= 0.6 is 0 Å². The first-order valence-corrected chi connectivity index (χ1v) is 5.81. The maximum absolute atomic E-state index is 12.0. The van der Waals surface area contributed by atoms with E-state index in [0.717, 1.165) is 22.2 Å². The lowest BCUT2D eigenvalue weighted by molar-refractivity contribution is -0.124. The van der Waals surface area contributed by atoms with Crippen LogP contribution in [-0.4, -0.2) is 24.2 Å². The maximum atomic E-state index is 12.0. The van der Waals surface area contributed by atoms with Crippen molar-refractivity contribution < 1.29 is 13.2 Å². The Kier molecular flexibility index (Phi) is 3.61. The summed E-state index contributed by atoms with van der Waals surface area (Å²) in [5, 5.41) is 3.50. The molecule has 0 amide bonds. The van der Waals surface area contributed by atoms with E-state index in [9.17, 15) is 13.2 Å². The second kappa shape index (κ2) is 5.02. The number of aryl methyl sites for hydroxylation is 1. The van der Waals surface area contributed by atoms with Crippen LogP contribution in [0.15, 0.2) is 24.3 Å². The number of aromatic nitrogens is 1. The Morgan fingerprint density at radius 2 is 1.94 bits per heavy atom. The third kappa shape index (κ3) is 3.04. The van der Waals surface area contributed by atoms with Crippen LogP contribution < -0.4 is 5.32 Å². The molecular weight excluding hydrogens is 241 g/mol. The zero-order valence-corrected chi connectivity index (χ0v) is 10.1. The lowest BCUT2D eigenvalue weighted by Crippen LogP contribution is -2.30. The second-order valence-electron chi connectivity index (χ2n) is 4.32. The average molecular weight is 256 g/mol. The van der Waals surface area contributed by atoms with Gasteiger partial charge in [0.1, 0.15) is 0 Å². The average Bonchev–Trinajstić information content (AvgIpc) is 2.59. The summed E-state index contributed by atoms with van der Waals surface area (Å²) in [4.78, 5) is 3.23. The van der Waals surface area contributed by atoms with Crippen LogP contribution in [0.3, 0.4) is 0 Å². The van der Waals surface area contributed by atoms with Crippen molar-refractivity contribution >= 4 is 10.9 Å². The first-order valence-electron chi connectivity index (χ1n) is 5.81. The monoisotopic (exact) mass is 256 g/mol. The summed E-state index contributed by atoms with van der Waals surface area (Å²) >= 11 is 0. The van der Waals surface area contributed by atoms with Gasteiger partial charge in [0.25, 0.3) is 0 Å². The maximum Gasteiger partial charge on any atom is 0.401 e. The minimum absolute atomic E-state index is 0.322. The molecule has 0 radical (unpaired) electrons. The van der Waals surface area contributed by atoms with E-state index in [2.05, 4.69) is 10.3 Å². The van der Waals surface area contributed by atoms with Gasteiger partial charge in [0.05, 0.1) is 6.54 Å². The standard InChI is InChI=1S/C13H15F3N2/c1-9-10(6-7-17-8-13(14,15)16)11-4-2-3-5-12(11)18-9/h2-5,17-18H,6-8H2,1H3. The van der Waals surface area contributed by atoms with Gasteiger partial charge in [0.2, 0.25) is 0 Å². The number of hydrogen-bond donors (Lipinski definition) is 2. The predicted molar refractivity (Wildman–Crippen MR) is 65.7 cm³/mol. The number of para-hydroxylation sites is 1. The quantitative estimate of drug-likeness (QED) is 0.808. The minimum atomic E-state index is -4.14. The highest BCUT2D eigenvalue weighted by atomic mass is 19.4. The molecular formula is C13H15F3N2. The number of benzene rings is 1. The van der Waals surface area contributed by atoms with Crippen LogP contribution in [0, 0.1) is 6.92 Å². The molecule has 2 nitrogen and oxygen atoms in total. The summed E-state index contributed by atoms with van der Waals surface area (Å²) in [6.07, 6.45) is -3.55. The molecule has 0 spiro atoms. The molecule has 0 fully saturated rings. The van der Waals surface area contributed by atoms with Crippen molar-refractivity contribution in [2.24, 2.45) is 0 Å². The molecule has 1 aromatic heterocycles. The van der Waals surface area contributed by atoms with Crippen molar-refractivity contribution in [1.82, 2.24) is 10.3 Å². The molecule has 18 heavy (non-hydrogen) atoms. The van der Waals surface area contributed by atoms with Crippen molar-refractivity contribution in [3.63, 3.8) is 0 Å². The largest absolute Gasteiger partial charge is 0.401 e. The first-order chi connectivity index (χ1) is 8.47. The summed E-state index contributed by atoms with van der Waals surface area (Å²) in [6.45, 7) is 1.33. The van der Waals surface area contributed by atoms with Gasteiger partial charge in [-0.2, -0.15) is 13.2 Å². The van der Waals surface area contributed by atoms with Crippen molar-refractivity contribution in [1.29, 1.82) is 0 Å². The summed E-state index contributed by atoms with van der Waals surface area (Å²) in [5.74, 6) is 0. The van der Waals surface area contributed by atoms with Crippen molar-refractivity contribution in [3.05, 3.63) is 35.5 Å². The van der Waals surface area contributed by atoms with Gasteiger partial charge in [-0.15, -0.1) is 0 Å². The zero-order valence-electron chi connectivity index (χ0n) is 10.1. The van der Waals surface area contributed by atoms with Crippen LogP contribution in [0.1, 0.15) is 11.3 Å². The van der Waals surface area contributed by atoms with E-state index in [4.69, 9.17) is 0 Å². The van der Waals surface area contributed by atoms with Gasteiger partial charge in [0, 0.05) is 16.6 Å². The highest BCUT2D eigenvalue weighted by Crippen LogP contribution is 2.22. The molecule has 1 aromatic carbocycles. The Labute approximate surface area is 103 Å². The molecule has 0 saturated carbocycles. The third-order valence-corrected chi connectivity index (χ3v) is 2.90. The number of fused-ring (bicyclic) bond motifs is 1. The molecule has 5 heteroatoms. The van der Waals surface area contributed by atoms with Gasteiger partial charge < -0.3 is 10.3 Å². The Morgan fingerprint density at radius 1 is 1.22 bits per heavy atom. The fourth-order valence-corrected chi connectivity index (χ4v) is 2.10. The number of halogens is 3. The van der Waals surface area contributed by atoms with Gasteiger partial charge in [-0.25, -0.2) is 0 Å². The number of aromatic amines is 1. The fraction of sp³-hybridized carbons (Fsp3) is 0.385. The lowest BCUT2D eigenvalue weighted by atomic mass is 10.1. The summed E-state index contributed by atoms with van der Waals surface area (Å²) < 4.78 is 36.0. The molecule has 0 bridgehead atoms. The van der Waals surface area contributed by atoms with Crippen LogP contribution in [0.4, 0.5) is 13.2 Å².